The van der Waals surface area contributed by atoms with Gasteiger partial charge in [0.25, 0.3) is 0 Å². The van der Waals surface area contributed by atoms with Crippen molar-refractivity contribution in [3.8, 4) is 56.8 Å². The van der Waals surface area contributed by atoms with Crippen molar-refractivity contribution in [2.24, 2.45) is 5.92 Å². The predicted octanol–water partition coefficient (Wildman–Crippen LogP) is 10.4. The van der Waals surface area contributed by atoms with Crippen molar-refractivity contribution in [3.63, 3.8) is 0 Å². The van der Waals surface area contributed by atoms with E-state index in [4.69, 9.17) is 14.2 Å². The molecule has 18 heteroatoms. The Morgan fingerprint density at radius 3 is 1.58 bits per heavy atom. The summed E-state index contributed by atoms with van der Waals surface area (Å²) < 4.78 is 22.2. The van der Waals surface area contributed by atoms with Gasteiger partial charge >= 0.3 is 0 Å². The highest BCUT2D eigenvalue weighted by Crippen LogP contribution is 2.34. The number of aromatic nitrogens is 10. The van der Waals surface area contributed by atoms with Crippen LogP contribution in [0, 0.1) is 12.8 Å². The molecule has 12 rings (SSSR count). The number of aryl methyl sites for hydroxylation is 1. The number of hydrogen-bond donors (Lipinski definition) is 5. The molecule has 1 aliphatic heterocycles. The summed E-state index contributed by atoms with van der Waals surface area (Å²) in [5.41, 5.74) is 11.7. The van der Waals surface area contributed by atoms with Crippen LogP contribution in [0.15, 0.2) is 171 Å². The first-order valence-corrected chi connectivity index (χ1v) is 24.8. The molecule has 1 aliphatic rings. The fourth-order valence-electron chi connectivity index (χ4n) is 8.90. The maximum Gasteiger partial charge on any atom is 0.180 e. The monoisotopic (exact) mass is 1020 g/mol. The third-order valence-corrected chi connectivity index (χ3v) is 13.1. The summed E-state index contributed by atoms with van der Waals surface area (Å²) in [5, 5.41) is 29.1. The standard InChI is InChI=1S/C20H24N4O3.C20H18N4O.C18H15N5O/c1-25-17-4-3-15(11-18(17)26-2)16-13-23-20-19(21-7-8-24(16)20)22-12-14-5-9-27-10-6-14;1-14-4-2-3-5-16(14)12-22-19-20-23-13-18(24(20)11-10-21-19)15-6-8-17(25)9-7-15;24-15-5-3-14(4-6-15)16-12-22-18-17(20-8-9-23(16)18)21-11-13-2-1-7-19-10-13/h3-4,7-8,11,13-14H,5-6,9-10,12H2,1-2H3,(H,21,22);2-11,13,25H,12H2,1H3,(H,21,22);1-10,12,24H,11H2,(H,20,21). The first-order valence-electron chi connectivity index (χ1n) is 24.8. The lowest BCUT2D eigenvalue weighted by Crippen LogP contribution is -2.23. The molecule has 5 N–H and O–H groups in total. The summed E-state index contributed by atoms with van der Waals surface area (Å²) in [6.07, 6.45) is 22.2. The molecule has 1 saturated heterocycles. The van der Waals surface area contributed by atoms with E-state index in [1.54, 1.807) is 69.5 Å². The van der Waals surface area contributed by atoms with E-state index in [0.29, 0.717) is 36.3 Å². The topological polar surface area (TPSA) is 208 Å². The summed E-state index contributed by atoms with van der Waals surface area (Å²) in [6, 6.07) is 32.2. The molecule has 0 saturated carbocycles. The molecule has 0 unspecified atom stereocenters. The van der Waals surface area contributed by atoms with Crippen LogP contribution in [0.2, 0.25) is 0 Å². The van der Waals surface area contributed by atoms with Gasteiger partial charge in [0.05, 0.1) is 49.9 Å². The molecule has 11 aromatic rings. The van der Waals surface area contributed by atoms with Gasteiger partial charge in [-0.3, -0.25) is 18.2 Å². The molecule has 4 aromatic carbocycles. The zero-order valence-electron chi connectivity index (χ0n) is 42.3. The van der Waals surface area contributed by atoms with Crippen molar-refractivity contribution in [3.05, 3.63) is 188 Å². The number of ether oxygens (including phenoxy) is 3. The summed E-state index contributed by atoms with van der Waals surface area (Å²) in [5.74, 6) is 4.76. The van der Waals surface area contributed by atoms with Crippen LogP contribution in [-0.4, -0.2) is 92.3 Å². The van der Waals surface area contributed by atoms with Crippen LogP contribution in [0.1, 0.15) is 29.5 Å². The van der Waals surface area contributed by atoms with Crippen molar-refractivity contribution < 1.29 is 24.4 Å². The molecule has 76 heavy (non-hydrogen) atoms. The Balaban J connectivity index is 0.000000130. The number of benzene rings is 4. The number of phenols is 2. The second kappa shape index (κ2) is 23.5. The van der Waals surface area contributed by atoms with Gasteiger partial charge in [-0.2, -0.15) is 0 Å². The summed E-state index contributed by atoms with van der Waals surface area (Å²) in [7, 11) is 3.27. The Hall–Kier alpha value is -9.55. The quantitative estimate of drug-likeness (QED) is 0.0687. The molecule has 384 valence electrons. The van der Waals surface area contributed by atoms with Crippen LogP contribution in [0.5, 0.6) is 23.0 Å². The van der Waals surface area contributed by atoms with Crippen LogP contribution >= 0.6 is 0 Å². The van der Waals surface area contributed by atoms with Gasteiger partial charge in [-0.25, -0.2) is 29.9 Å². The molecule has 1 fully saturated rings. The van der Waals surface area contributed by atoms with Gasteiger partial charge in [-0.05, 0) is 115 Å². The van der Waals surface area contributed by atoms with Gasteiger partial charge < -0.3 is 40.4 Å². The number of imidazole rings is 3. The molecule has 0 radical (unpaired) electrons. The summed E-state index contributed by atoms with van der Waals surface area (Å²) >= 11 is 0. The van der Waals surface area contributed by atoms with Crippen LogP contribution in [0.4, 0.5) is 17.5 Å². The SMILES string of the molecule is COc1ccc(-c2cnc3c(NCC4CCOCC4)nccn23)cc1OC.Cc1ccccc1CNc1nccn2c(-c3ccc(O)cc3)cnc12.Oc1ccc(-c2cnc3c(NCc4cccnc4)nccn23)cc1. The van der Waals surface area contributed by atoms with E-state index >= 15 is 0 Å². The summed E-state index contributed by atoms with van der Waals surface area (Å²) in [6.45, 7) is 5.99. The van der Waals surface area contributed by atoms with E-state index in [0.717, 1.165) is 101 Å². The van der Waals surface area contributed by atoms with Crippen molar-refractivity contribution in [2.45, 2.75) is 32.9 Å². The van der Waals surface area contributed by atoms with Crippen LogP contribution in [0.3, 0.4) is 0 Å². The minimum absolute atomic E-state index is 0.244. The first kappa shape index (κ1) is 50.0. The number of aromatic hydroxyl groups is 2. The van der Waals surface area contributed by atoms with E-state index < -0.39 is 0 Å². The van der Waals surface area contributed by atoms with Crippen molar-refractivity contribution >= 4 is 34.4 Å². The molecule has 0 aliphatic carbocycles. The van der Waals surface area contributed by atoms with Gasteiger partial charge in [0.2, 0.25) is 0 Å². The third kappa shape index (κ3) is 11.5. The van der Waals surface area contributed by atoms with E-state index in [1.165, 1.54) is 11.1 Å². The molecular formula is C58H57N13O5. The second-order valence-electron chi connectivity index (χ2n) is 17.9. The number of hydrogen-bond acceptors (Lipinski definition) is 15. The Morgan fingerprint density at radius 2 is 1.05 bits per heavy atom. The van der Waals surface area contributed by atoms with Crippen molar-refractivity contribution in [2.75, 3.05) is 49.9 Å². The fraction of sp³-hybridized carbons (Fsp3) is 0.190. The summed E-state index contributed by atoms with van der Waals surface area (Å²) in [4.78, 5) is 31.0. The molecule has 0 atom stereocenters. The lowest BCUT2D eigenvalue weighted by Gasteiger charge is -2.22. The van der Waals surface area contributed by atoms with Gasteiger partial charge in [0.15, 0.2) is 45.9 Å². The second-order valence-corrected chi connectivity index (χ2v) is 17.9. The average molecular weight is 1020 g/mol. The van der Waals surface area contributed by atoms with E-state index in [9.17, 15) is 10.2 Å². The Morgan fingerprint density at radius 1 is 0.539 bits per heavy atom. The number of anilines is 3. The smallest absolute Gasteiger partial charge is 0.180 e. The highest BCUT2D eigenvalue weighted by molar-refractivity contribution is 5.74. The largest absolute Gasteiger partial charge is 0.508 e. The maximum absolute atomic E-state index is 9.47. The molecule has 8 heterocycles. The highest BCUT2D eigenvalue weighted by atomic mass is 16.5. The van der Waals surface area contributed by atoms with E-state index in [1.807, 2.05) is 117 Å². The predicted molar refractivity (Wildman–Crippen MR) is 294 cm³/mol. The van der Waals surface area contributed by atoms with Crippen molar-refractivity contribution in [1.29, 1.82) is 0 Å². The van der Waals surface area contributed by atoms with E-state index in [-0.39, 0.29) is 11.5 Å². The number of phenolic OH excluding ortho intramolecular Hbond substituents is 2. The molecular weight excluding hydrogens is 959 g/mol. The average Bonchev–Trinajstić information content (AvgIpc) is 4.27. The number of rotatable bonds is 14. The molecule has 18 nitrogen and oxygen atoms in total. The number of nitrogens with one attached hydrogen (secondary N) is 3. The lowest BCUT2D eigenvalue weighted by atomic mass is 10.0. The van der Waals surface area contributed by atoms with Crippen molar-refractivity contribution in [1.82, 2.24) is 48.1 Å². The highest BCUT2D eigenvalue weighted by Gasteiger charge is 2.17. The number of nitrogens with zero attached hydrogens (tertiary/aromatic N) is 10. The number of pyridine rings is 1. The fourth-order valence-corrected chi connectivity index (χ4v) is 8.90. The lowest BCUT2D eigenvalue weighted by molar-refractivity contribution is 0.0699. The minimum atomic E-state index is 0.244. The molecule has 0 spiro atoms. The van der Waals surface area contributed by atoms with Gasteiger partial charge in [-0.1, -0.05) is 30.3 Å². The Kier molecular flexibility index (Phi) is 15.5. The van der Waals surface area contributed by atoms with E-state index in [2.05, 4.69) is 69.9 Å². The normalized spacial score (nSPS) is 12.4. The molecule has 0 bridgehead atoms. The Bertz CT molecular complexity index is 3670. The Labute approximate surface area is 438 Å². The zero-order valence-corrected chi connectivity index (χ0v) is 42.3. The van der Waals surface area contributed by atoms with Gasteiger partial charge in [0.1, 0.15) is 11.5 Å². The van der Waals surface area contributed by atoms with Gasteiger partial charge in [0, 0.05) is 99.1 Å². The van der Waals surface area contributed by atoms with Crippen LogP contribution < -0.4 is 25.4 Å². The number of fused-ring (bicyclic) bond motifs is 3. The molecule has 0 amide bonds. The maximum atomic E-state index is 9.47. The minimum Gasteiger partial charge on any atom is -0.508 e. The third-order valence-electron chi connectivity index (χ3n) is 13.1. The molecule has 7 aromatic heterocycles. The number of methoxy groups -OCH3 is 2. The first-order chi connectivity index (χ1) is 37.3. The van der Waals surface area contributed by atoms with Gasteiger partial charge in [-0.15, -0.1) is 0 Å². The van der Waals surface area contributed by atoms with Crippen LogP contribution in [-0.2, 0) is 17.8 Å². The zero-order chi connectivity index (χ0) is 52.2. The van der Waals surface area contributed by atoms with Crippen LogP contribution in [0.25, 0.3) is 50.7 Å².